The molecule has 0 saturated heterocycles. The fourth-order valence-electron chi connectivity index (χ4n) is 1.52. The number of nitrogens with zero attached hydrogens (tertiary/aromatic N) is 1. The minimum atomic E-state index is 0.0653. The molecule has 0 aromatic carbocycles. The fourth-order valence-corrected chi connectivity index (χ4v) is 1.52. The normalized spacial score (nSPS) is 13.5. The maximum Gasteiger partial charge on any atom is 0.0644 e. The van der Waals surface area contributed by atoms with Crippen LogP contribution < -0.4 is 5.73 Å². The summed E-state index contributed by atoms with van der Waals surface area (Å²) in [6, 6.07) is 2.13. The first-order valence-corrected chi connectivity index (χ1v) is 4.37. The Balaban J connectivity index is 2.71. The molecule has 68 valence electrons. The minimum absolute atomic E-state index is 0.0653. The Labute approximate surface area is 77.0 Å². The molecule has 1 unspecified atom stereocenters. The molecule has 0 fully saturated rings. The smallest absolute Gasteiger partial charge is 0.0644 e. The van der Waals surface area contributed by atoms with Gasteiger partial charge in [0.25, 0.3) is 0 Å². The zero-order chi connectivity index (χ0) is 9.42. The lowest BCUT2D eigenvalue weighted by molar-refractivity contribution is 0.826. The van der Waals surface area contributed by atoms with Crippen LogP contribution in [-0.4, -0.2) is 9.97 Å². The largest absolute Gasteiger partial charge is 0.360 e. The lowest BCUT2D eigenvalue weighted by atomic mass is 10.1. The van der Waals surface area contributed by atoms with Crippen molar-refractivity contribution in [2.24, 2.45) is 5.73 Å². The number of rotatable bonds is 1. The molecule has 0 spiro atoms. The molecular formula is C10H13N3. The average Bonchev–Trinajstić information content (AvgIpc) is 2.46. The molecule has 0 aliphatic carbocycles. The maximum atomic E-state index is 5.83. The van der Waals surface area contributed by atoms with Gasteiger partial charge in [0.15, 0.2) is 0 Å². The van der Waals surface area contributed by atoms with Gasteiger partial charge < -0.3 is 10.7 Å². The Morgan fingerprint density at radius 2 is 2.31 bits per heavy atom. The Hall–Kier alpha value is -1.35. The second kappa shape index (κ2) is 2.85. The SMILES string of the molecule is Cc1cc2c(C(C)N)c[nH]c2cn1. The third-order valence-electron chi connectivity index (χ3n) is 2.23. The van der Waals surface area contributed by atoms with Crippen molar-refractivity contribution < 1.29 is 0 Å². The summed E-state index contributed by atoms with van der Waals surface area (Å²) < 4.78 is 0. The molecule has 0 saturated carbocycles. The van der Waals surface area contributed by atoms with E-state index in [0.717, 1.165) is 16.8 Å². The Morgan fingerprint density at radius 1 is 1.54 bits per heavy atom. The number of hydrogen-bond acceptors (Lipinski definition) is 2. The zero-order valence-corrected chi connectivity index (χ0v) is 7.83. The predicted octanol–water partition coefficient (Wildman–Crippen LogP) is 1.89. The van der Waals surface area contributed by atoms with Crippen LogP contribution in [0.15, 0.2) is 18.5 Å². The highest BCUT2D eigenvalue weighted by Crippen LogP contribution is 2.22. The van der Waals surface area contributed by atoms with Crippen molar-refractivity contribution in [1.82, 2.24) is 9.97 Å². The van der Waals surface area contributed by atoms with Gasteiger partial charge in [0.05, 0.1) is 11.7 Å². The van der Waals surface area contributed by atoms with Crippen molar-refractivity contribution in [3.63, 3.8) is 0 Å². The van der Waals surface area contributed by atoms with E-state index >= 15 is 0 Å². The molecule has 13 heavy (non-hydrogen) atoms. The van der Waals surface area contributed by atoms with Gasteiger partial charge in [-0.2, -0.15) is 0 Å². The van der Waals surface area contributed by atoms with Gasteiger partial charge in [-0.25, -0.2) is 0 Å². The van der Waals surface area contributed by atoms with Crippen LogP contribution in [-0.2, 0) is 0 Å². The molecule has 1 atom stereocenters. The van der Waals surface area contributed by atoms with Gasteiger partial charge in [0.2, 0.25) is 0 Å². The zero-order valence-electron chi connectivity index (χ0n) is 7.83. The molecule has 3 heteroatoms. The molecule has 2 rings (SSSR count). The number of hydrogen-bond donors (Lipinski definition) is 2. The molecule has 2 heterocycles. The number of pyridine rings is 1. The molecular weight excluding hydrogens is 162 g/mol. The molecule has 3 N–H and O–H groups in total. The van der Waals surface area contributed by atoms with Crippen molar-refractivity contribution in [2.45, 2.75) is 19.9 Å². The standard InChI is InChI=1S/C10H13N3/c1-6-3-8-9(7(2)11)4-13-10(8)5-12-6/h3-5,7,13H,11H2,1-2H3. The summed E-state index contributed by atoms with van der Waals surface area (Å²) in [6.45, 7) is 3.97. The average molecular weight is 175 g/mol. The highest BCUT2D eigenvalue weighted by Gasteiger charge is 2.07. The van der Waals surface area contributed by atoms with E-state index < -0.39 is 0 Å². The first-order chi connectivity index (χ1) is 6.18. The van der Waals surface area contributed by atoms with Crippen molar-refractivity contribution in [3.05, 3.63) is 29.7 Å². The van der Waals surface area contributed by atoms with Crippen LogP contribution in [0, 0.1) is 6.92 Å². The number of aromatic amines is 1. The van der Waals surface area contributed by atoms with Crippen LogP contribution in [0.5, 0.6) is 0 Å². The summed E-state index contributed by atoms with van der Waals surface area (Å²) in [4.78, 5) is 7.36. The second-order valence-corrected chi connectivity index (χ2v) is 3.40. The minimum Gasteiger partial charge on any atom is -0.360 e. The van der Waals surface area contributed by atoms with Gasteiger partial charge >= 0.3 is 0 Å². The lowest BCUT2D eigenvalue weighted by Crippen LogP contribution is -2.03. The summed E-state index contributed by atoms with van der Waals surface area (Å²) in [5.41, 5.74) is 9.06. The Bertz CT molecular complexity index is 429. The fraction of sp³-hybridized carbons (Fsp3) is 0.300. The summed E-state index contributed by atoms with van der Waals surface area (Å²) in [5, 5.41) is 1.18. The highest BCUT2D eigenvalue weighted by molar-refractivity contribution is 5.83. The predicted molar refractivity (Wildman–Crippen MR) is 53.4 cm³/mol. The molecule has 0 bridgehead atoms. The van der Waals surface area contributed by atoms with E-state index in [9.17, 15) is 0 Å². The first kappa shape index (κ1) is 8.26. The van der Waals surface area contributed by atoms with Crippen molar-refractivity contribution in [2.75, 3.05) is 0 Å². The van der Waals surface area contributed by atoms with Crippen LogP contribution in [0.3, 0.4) is 0 Å². The van der Waals surface area contributed by atoms with E-state index in [1.54, 1.807) is 0 Å². The molecule has 0 aliphatic heterocycles. The van der Waals surface area contributed by atoms with Gasteiger partial charge in [-0.15, -0.1) is 0 Å². The number of H-pyrrole nitrogens is 1. The van der Waals surface area contributed by atoms with E-state index in [-0.39, 0.29) is 6.04 Å². The van der Waals surface area contributed by atoms with Gasteiger partial charge in [-0.05, 0) is 25.5 Å². The number of aromatic nitrogens is 2. The van der Waals surface area contributed by atoms with Crippen LogP contribution >= 0.6 is 0 Å². The quantitative estimate of drug-likeness (QED) is 0.695. The topological polar surface area (TPSA) is 54.7 Å². The Morgan fingerprint density at radius 3 is 3.00 bits per heavy atom. The molecule has 0 aliphatic rings. The van der Waals surface area contributed by atoms with E-state index in [4.69, 9.17) is 5.73 Å². The van der Waals surface area contributed by atoms with Crippen LogP contribution in [0.25, 0.3) is 10.9 Å². The molecule has 3 nitrogen and oxygen atoms in total. The van der Waals surface area contributed by atoms with Gasteiger partial charge in [0.1, 0.15) is 0 Å². The van der Waals surface area contributed by atoms with Gasteiger partial charge in [-0.1, -0.05) is 0 Å². The number of fused-ring (bicyclic) bond motifs is 1. The molecule has 2 aromatic rings. The van der Waals surface area contributed by atoms with Gasteiger partial charge in [0, 0.05) is 23.3 Å². The third-order valence-corrected chi connectivity index (χ3v) is 2.23. The van der Waals surface area contributed by atoms with Crippen molar-refractivity contribution >= 4 is 10.9 Å². The highest BCUT2D eigenvalue weighted by atomic mass is 14.8. The summed E-state index contributed by atoms with van der Waals surface area (Å²) >= 11 is 0. The monoisotopic (exact) mass is 175 g/mol. The summed E-state index contributed by atoms with van der Waals surface area (Å²) in [6.07, 6.45) is 3.80. The third kappa shape index (κ3) is 1.31. The lowest BCUT2D eigenvalue weighted by Gasteiger charge is -2.02. The second-order valence-electron chi connectivity index (χ2n) is 3.40. The van der Waals surface area contributed by atoms with Crippen LogP contribution in [0.2, 0.25) is 0 Å². The van der Waals surface area contributed by atoms with E-state index in [2.05, 4.69) is 16.0 Å². The maximum absolute atomic E-state index is 5.83. The number of nitrogens with one attached hydrogen (secondary N) is 1. The summed E-state index contributed by atoms with van der Waals surface area (Å²) in [7, 11) is 0. The van der Waals surface area contributed by atoms with E-state index in [0.29, 0.717) is 0 Å². The molecule has 0 radical (unpaired) electrons. The molecule has 2 aromatic heterocycles. The Kier molecular flexibility index (Phi) is 1.81. The van der Waals surface area contributed by atoms with Crippen LogP contribution in [0.1, 0.15) is 24.2 Å². The summed E-state index contributed by atoms with van der Waals surface area (Å²) in [5.74, 6) is 0. The van der Waals surface area contributed by atoms with Crippen molar-refractivity contribution in [3.8, 4) is 0 Å². The number of nitrogens with two attached hydrogens (primary N) is 1. The van der Waals surface area contributed by atoms with Crippen LogP contribution in [0.4, 0.5) is 0 Å². The molecule has 0 amide bonds. The van der Waals surface area contributed by atoms with E-state index in [1.165, 1.54) is 5.39 Å². The van der Waals surface area contributed by atoms with Crippen molar-refractivity contribution in [1.29, 1.82) is 0 Å². The van der Waals surface area contributed by atoms with E-state index in [1.807, 2.05) is 26.2 Å². The first-order valence-electron chi connectivity index (χ1n) is 4.37. The van der Waals surface area contributed by atoms with Gasteiger partial charge in [-0.3, -0.25) is 4.98 Å². The number of aryl methyl sites for hydroxylation is 1.